The number of amides is 2. The van der Waals surface area contributed by atoms with E-state index in [0.29, 0.717) is 12.5 Å². The van der Waals surface area contributed by atoms with Gasteiger partial charge in [0.15, 0.2) is 0 Å². The molecule has 0 radical (unpaired) electrons. The van der Waals surface area contributed by atoms with Crippen molar-refractivity contribution < 1.29 is 9.59 Å². The maximum Gasteiger partial charge on any atom is 0.239 e. The molecule has 5 nitrogen and oxygen atoms in total. The number of nitrogens with one attached hydrogen (secondary N) is 1. The summed E-state index contributed by atoms with van der Waals surface area (Å²) in [4.78, 5) is 24.3. The minimum atomic E-state index is -0.173. The highest BCUT2D eigenvalue weighted by Gasteiger charge is 2.14. The van der Waals surface area contributed by atoms with E-state index in [-0.39, 0.29) is 30.8 Å². The van der Waals surface area contributed by atoms with E-state index < -0.39 is 0 Å². The van der Waals surface area contributed by atoms with Gasteiger partial charge < -0.3 is 16.0 Å². The highest BCUT2D eigenvalue weighted by atomic mass is 16.2. The topological polar surface area (TPSA) is 75.4 Å². The van der Waals surface area contributed by atoms with Crippen LogP contribution in [-0.2, 0) is 9.59 Å². The quantitative estimate of drug-likeness (QED) is 0.671. The summed E-state index contributed by atoms with van der Waals surface area (Å²) in [5.74, 6) is 0.179. The molecule has 0 aromatic heterocycles. The molecule has 0 aromatic carbocycles. The van der Waals surface area contributed by atoms with Gasteiger partial charge in [0, 0.05) is 26.1 Å². The zero-order valence-corrected chi connectivity index (χ0v) is 10.6. The molecule has 0 spiro atoms. The van der Waals surface area contributed by atoms with E-state index in [9.17, 15) is 9.59 Å². The van der Waals surface area contributed by atoms with Crippen molar-refractivity contribution in [2.75, 3.05) is 20.1 Å². The number of carbonyl (C=O) groups is 2. The summed E-state index contributed by atoms with van der Waals surface area (Å²) in [6, 6.07) is -0.173. The molecule has 0 fully saturated rings. The van der Waals surface area contributed by atoms with E-state index in [0.717, 1.165) is 0 Å². The molecule has 2 amide bonds. The number of likely N-dealkylation sites (N-methyl/N-ethyl adjacent to an activating group) is 1. The Labute approximate surface area is 97.4 Å². The van der Waals surface area contributed by atoms with Crippen LogP contribution in [0, 0.1) is 5.92 Å². The number of nitrogens with zero attached hydrogens (tertiary/aromatic N) is 1. The summed E-state index contributed by atoms with van der Waals surface area (Å²) >= 11 is 0. The third-order valence-electron chi connectivity index (χ3n) is 2.01. The van der Waals surface area contributed by atoms with E-state index in [2.05, 4.69) is 5.32 Å². The fourth-order valence-electron chi connectivity index (χ4n) is 1.11. The average Bonchev–Trinajstić information content (AvgIpc) is 2.13. The van der Waals surface area contributed by atoms with E-state index in [1.165, 1.54) is 4.90 Å². The lowest BCUT2D eigenvalue weighted by molar-refractivity contribution is -0.135. The minimum Gasteiger partial charge on any atom is -0.354 e. The largest absolute Gasteiger partial charge is 0.354 e. The third kappa shape index (κ3) is 7.23. The first-order valence-electron chi connectivity index (χ1n) is 5.59. The van der Waals surface area contributed by atoms with Crippen molar-refractivity contribution in [1.29, 1.82) is 0 Å². The van der Waals surface area contributed by atoms with Crippen LogP contribution in [-0.4, -0.2) is 42.9 Å². The number of nitrogens with two attached hydrogens (primary N) is 1. The summed E-state index contributed by atoms with van der Waals surface area (Å²) in [6.07, 6.45) is 0.272. The second kappa shape index (κ2) is 7.22. The first-order chi connectivity index (χ1) is 7.32. The summed E-state index contributed by atoms with van der Waals surface area (Å²) in [5, 5.41) is 2.76. The Bertz CT molecular complexity index is 239. The Balaban J connectivity index is 3.90. The van der Waals surface area contributed by atoms with Crippen LogP contribution in [0.2, 0.25) is 0 Å². The summed E-state index contributed by atoms with van der Waals surface area (Å²) < 4.78 is 0. The predicted octanol–water partition coefficient (Wildman–Crippen LogP) is -0.0457. The predicted molar refractivity (Wildman–Crippen MR) is 63.8 cm³/mol. The molecule has 3 N–H and O–H groups in total. The smallest absolute Gasteiger partial charge is 0.239 e. The van der Waals surface area contributed by atoms with Crippen molar-refractivity contribution in [2.45, 2.75) is 33.2 Å². The van der Waals surface area contributed by atoms with Gasteiger partial charge in [0.1, 0.15) is 0 Å². The third-order valence-corrected chi connectivity index (χ3v) is 2.01. The van der Waals surface area contributed by atoms with Crippen LogP contribution < -0.4 is 11.1 Å². The molecule has 0 rings (SSSR count). The molecule has 0 saturated carbocycles. The van der Waals surface area contributed by atoms with Crippen LogP contribution in [0.5, 0.6) is 0 Å². The first kappa shape index (κ1) is 14.9. The average molecular weight is 229 g/mol. The maximum absolute atomic E-state index is 11.5. The van der Waals surface area contributed by atoms with Gasteiger partial charge in [-0.25, -0.2) is 0 Å². The fourth-order valence-corrected chi connectivity index (χ4v) is 1.11. The Morgan fingerprint density at radius 1 is 1.31 bits per heavy atom. The van der Waals surface area contributed by atoms with Crippen molar-refractivity contribution in [3.05, 3.63) is 0 Å². The van der Waals surface area contributed by atoms with Gasteiger partial charge in [0.05, 0.1) is 6.54 Å². The van der Waals surface area contributed by atoms with Gasteiger partial charge in [-0.3, -0.25) is 9.59 Å². The molecule has 0 saturated heterocycles. The highest BCUT2D eigenvalue weighted by molar-refractivity contribution is 5.84. The van der Waals surface area contributed by atoms with E-state index in [4.69, 9.17) is 5.73 Å². The normalized spacial score (nSPS) is 12.4. The summed E-state index contributed by atoms with van der Waals surface area (Å²) in [7, 11) is 1.61. The zero-order chi connectivity index (χ0) is 12.7. The maximum atomic E-state index is 11.5. The van der Waals surface area contributed by atoms with Crippen LogP contribution in [0.1, 0.15) is 27.2 Å². The summed E-state index contributed by atoms with van der Waals surface area (Å²) in [6.45, 7) is 6.54. The van der Waals surface area contributed by atoms with Crippen LogP contribution in [0.3, 0.4) is 0 Å². The second-order valence-corrected chi connectivity index (χ2v) is 4.63. The Kier molecular flexibility index (Phi) is 6.72. The van der Waals surface area contributed by atoms with E-state index >= 15 is 0 Å². The Hall–Kier alpha value is -1.10. The molecule has 0 heterocycles. The lowest BCUT2D eigenvalue weighted by Crippen LogP contribution is -2.40. The van der Waals surface area contributed by atoms with Gasteiger partial charge in [-0.05, 0) is 12.8 Å². The number of hydrogen-bond acceptors (Lipinski definition) is 3. The number of carbonyl (C=O) groups excluding carboxylic acids is 2. The first-order valence-corrected chi connectivity index (χ1v) is 5.59. The van der Waals surface area contributed by atoms with Gasteiger partial charge in [-0.1, -0.05) is 13.8 Å². The van der Waals surface area contributed by atoms with Crippen molar-refractivity contribution in [2.24, 2.45) is 11.7 Å². The number of rotatable bonds is 6. The number of hydrogen-bond donors (Lipinski definition) is 2. The molecule has 0 aliphatic heterocycles. The van der Waals surface area contributed by atoms with Gasteiger partial charge >= 0.3 is 0 Å². The van der Waals surface area contributed by atoms with Crippen molar-refractivity contribution in [1.82, 2.24) is 10.2 Å². The molecule has 0 aliphatic rings. The molecule has 0 aliphatic carbocycles. The van der Waals surface area contributed by atoms with Gasteiger partial charge in [-0.15, -0.1) is 0 Å². The Morgan fingerprint density at radius 2 is 1.88 bits per heavy atom. The van der Waals surface area contributed by atoms with Gasteiger partial charge in [0.2, 0.25) is 11.8 Å². The monoisotopic (exact) mass is 229 g/mol. The fraction of sp³-hybridized carbons (Fsp3) is 0.818. The summed E-state index contributed by atoms with van der Waals surface area (Å²) in [5.41, 5.74) is 5.51. The molecule has 0 aromatic rings. The zero-order valence-electron chi connectivity index (χ0n) is 10.6. The SMILES string of the molecule is CC(C)CNC(=O)CN(C)C(=O)CC(C)N. The van der Waals surface area contributed by atoms with Gasteiger partial charge in [-0.2, -0.15) is 0 Å². The van der Waals surface area contributed by atoms with Crippen LogP contribution in [0.4, 0.5) is 0 Å². The molecular formula is C11H23N3O2. The molecule has 16 heavy (non-hydrogen) atoms. The highest BCUT2D eigenvalue weighted by Crippen LogP contribution is 1.94. The van der Waals surface area contributed by atoms with Crippen LogP contribution in [0.15, 0.2) is 0 Å². The van der Waals surface area contributed by atoms with Crippen molar-refractivity contribution in [3.8, 4) is 0 Å². The van der Waals surface area contributed by atoms with Crippen LogP contribution in [0.25, 0.3) is 0 Å². The van der Waals surface area contributed by atoms with Crippen LogP contribution >= 0.6 is 0 Å². The lowest BCUT2D eigenvalue weighted by atomic mass is 10.2. The van der Waals surface area contributed by atoms with Crippen molar-refractivity contribution >= 4 is 11.8 Å². The van der Waals surface area contributed by atoms with E-state index in [1.54, 1.807) is 14.0 Å². The van der Waals surface area contributed by atoms with E-state index in [1.807, 2.05) is 13.8 Å². The minimum absolute atomic E-state index is 0.0955. The van der Waals surface area contributed by atoms with Crippen molar-refractivity contribution in [3.63, 3.8) is 0 Å². The molecule has 94 valence electrons. The molecule has 1 atom stereocenters. The molecule has 0 bridgehead atoms. The Morgan fingerprint density at radius 3 is 2.31 bits per heavy atom. The standard InChI is InChI=1S/C11H23N3O2/c1-8(2)6-13-10(15)7-14(4)11(16)5-9(3)12/h8-9H,5-7,12H2,1-4H3,(H,13,15). The molecule has 1 unspecified atom stereocenters. The van der Waals surface area contributed by atoms with Gasteiger partial charge in [0.25, 0.3) is 0 Å². The molecule has 5 heteroatoms. The second-order valence-electron chi connectivity index (χ2n) is 4.63. The lowest BCUT2D eigenvalue weighted by Gasteiger charge is -2.18. The molecular weight excluding hydrogens is 206 g/mol.